The molecule has 0 saturated carbocycles. The predicted octanol–water partition coefficient (Wildman–Crippen LogP) is 3.97. The number of benzene rings is 2. The first-order chi connectivity index (χ1) is 10.2. The second-order valence-corrected chi connectivity index (χ2v) is 6.04. The lowest BCUT2D eigenvalue weighted by Crippen LogP contribution is -2.46. The third kappa shape index (κ3) is 3.39. The minimum absolute atomic E-state index is 0.860. The molecule has 2 aromatic carbocycles. The first kappa shape index (κ1) is 14.4. The van der Waals surface area contributed by atoms with Gasteiger partial charge < -0.3 is 4.90 Å². The Morgan fingerprint density at radius 3 is 2.33 bits per heavy atom. The number of rotatable bonds is 3. The van der Waals surface area contributed by atoms with E-state index in [4.69, 9.17) is 11.6 Å². The second kappa shape index (κ2) is 6.50. The molecule has 1 fully saturated rings. The third-order valence-corrected chi connectivity index (χ3v) is 4.61. The summed E-state index contributed by atoms with van der Waals surface area (Å²) in [6.07, 6.45) is 0. The summed E-state index contributed by atoms with van der Waals surface area (Å²) in [4.78, 5) is 4.97. The van der Waals surface area contributed by atoms with Gasteiger partial charge in [-0.25, -0.2) is 0 Å². The normalized spacial score (nSPS) is 16.2. The molecule has 0 N–H and O–H groups in total. The molecular formula is C18H21ClN2. The molecule has 0 aromatic heterocycles. The van der Waals surface area contributed by atoms with Gasteiger partial charge in [-0.05, 0) is 30.2 Å². The SMILES string of the molecule is Cc1c(Cl)cccc1N1CCN(Cc2ccccc2)CC1. The maximum absolute atomic E-state index is 6.23. The van der Waals surface area contributed by atoms with E-state index >= 15 is 0 Å². The van der Waals surface area contributed by atoms with Gasteiger partial charge in [-0.1, -0.05) is 48.0 Å². The molecule has 0 atom stereocenters. The molecule has 1 saturated heterocycles. The van der Waals surface area contributed by atoms with Crippen molar-refractivity contribution in [2.45, 2.75) is 13.5 Å². The lowest BCUT2D eigenvalue weighted by atomic mass is 10.1. The van der Waals surface area contributed by atoms with Crippen molar-refractivity contribution in [3.63, 3.8) is 0 Å². The fourth-order valence-corrected chi connectivity index (χ4v) is 3.10. The monoisotopic (exact) mass is 300 g/mol. The van der Waals surface area contributed by atoms with E-state index in [0.717, 1.165) is 37.7 Å². The van der Waals surface area contributed by atoms with Crippen LogP contribution >= 0.6 is 11.6 Å². The van der Waals surface area contributed by atoms with Gasteiger partial charge in [-0.15, -0.1) is 0 Å². The first-order valence-electron chi connectivity index (χ1n) is 7.50. The van der Waals surface area contributed by atoms with Crippen LogP contribution in [0.4, 0.5) is 5.69 Å². The van der Waals surface area contributed by atoms with E-state index in [1.165, 1.54) is 16.8 Å². The van der Waals surface area contributed by atoms with E-state index in [9.17, 15) is 0 Å². The van der Waals surface area contributed by atoms with E-state index in [1.807, 2.05) is 12.1 Å². The molecule has 21 heavy (non-hydrogen) atoms. The number of nitrogens with zero attached hydrogens (tertiary/aromatic N) is 2. The summed E-state index contributed by atoms with van der Waals surface area (Å²) in [5.41, 5.74) is 3.86. The topological polar surface area (TPSA) is 6.48 Å². The number of hydrogen-bond acceptors (Lipinski definition) is 2. The molecule has 110 valence electrons. The van der Waals surface area contributed by atoms with Crippen LogP contribution in [-0.4, -0.2) is 31.1 Å². The summed E-state index contributed by atoms with van der Waals surface area (Å²) in [6.45, 7) is 7.47. The Labute approximate surface area is 131 Å². The summed E-state index contributed by atoms with van der Waals surface area (Å²) >= 11 is 6.23. The average molecular weight is 301 g/mol. The Morgan fingerprint density at radius 2 is 1.62 bits per heavy atom. The number of anilines is 1. The quantitative estimate of drug-likeness (QED) is 0.846. The van der Waals surface area contributed by atoms with Crippen molar-refractivity contribution in [2.24, 2.45) is 0 Å². The maximum Gasteiger partial charge on any atom is 0.0455 e. The van der Waals surface area contributed by atoms with E-state index < -0.39 is 0 Å². The maximum atomic E-state index is 6.23. The van der Waals surface area contributed by atoms with Crippen LogP contribution < -0.4 is 4.90 Å². The van der Waals surface area contributed by atoms with E-state index in [2.05, 4.69) is 53.1 Å². The van der Waals surface area contributed by atoms with Gasteiger partial charge in [0.15, 0.2) is 0 Å². The molecule has 1 aliphatic rings. The molecule has 2 nitrogen and oxygen atoms in total. The lowest BCUT2D eigenvalue weighted by molar-refractivity contribution is 0.250. The van der Waals surface area contributed by atoms with Crippen LogP contribution in [0.5, 0.6) is 0 Å². The highest BCUT2D eigenvalue weighted by molar-refractivity contribution is 6.31. The molecule has 2 aromatic rings. The van der Waals surface area contributed by atoms with Gasteiger partial charge in [-0.3, -0.25) is 4.90 Å². The van der Waals surface area contributed by atoms with Crippen LogP contribution in [0.3, 0.4) is 0 Å². The van der Waals surface area contributed by atoms with Crippen LogP contribution in [0, 0.1) is 6.92 Å². The Balaban J connectivity index is 1.61. The molecule has 0 aliphatic carbocycles. The summed E-state index contributed by atoms with van der Waals surface area (Å²) in [5.74, 6) is 0. The van der Waals surface area contributed by atoms with Crippen LogP contribution in [0.1, 0.15) is 11.1 Å². The molecule has 0 unspecified atom stereocenters. The molecule has 3 heteroatoms. The van der Waals surface area contributed by atoms with Crippen molar-refractivity contribution in [1.82, 2.24) is 4.90 Å². The molecular weight excluding hydrogens is 280 g/mol. The Kier molecular flexibility index (Phi) is 4.47. The van der Waals surface area contributed by atoms with Gasteiger partial charge in [0.25, 0.3) is 0 Å². The van der Waals surface area contributed by atoms with Crippen LogP contribution in [0.25, 0.3) is 0 Å². The number of halogens is 1. The van der Waals surface area contributed by atoms with E-state index in [0.29, 0.717) is 0 Å². The van der Waals surface area contributed by atoms with Gasteiger partial charge in [-0.2, -0.15) is 0 Å². The smallest absolute Gasteiger partial charge is 0.0455 e. The zero-order valence-corrected chi connectivity index (χ0v) is 13.2. The number of piperazine rings is 1. The van der Waals surface area contributed by atoms with Crippen molar-refractivity contribution in [3.05, 3.63) is 64.7 Å². The van der Waals surface area contributed by atoms with Gasteiger partial charge in [0.05, 0.1) is 0 Å². The lowest BCUT2D eigenvalue weighted by Gasteiger charge is -2.37. The molecule has 0 spiro atoms. The van der Waals surface area contributed by atoms with E-state index in [1.54, 1.807) is 0 Å². The van der Waals surface area contributed by atoms with E-state index in [-0.39, 0.29) is 0 Å². The van der Waals surface area contributed by atoms with Crippen LogP contribution in [0.2, 0.25) is 5.02 Å². The van der Waals surface area contributed by atoms with Crippen molar-refractivity contribution >= 4 is 17.3 Å². The van der Waals surface area contributed by atoms with Crippen molar-refractivity contribution in [1.29, 1.82) is 0 Å². The Morgan fingerprint density at radius 1 is 0.905 bits per heavy atom. The molecule has 3 rings (SSSR count). The molecule has 0 radical (unpaired) electrons. The predicted molar refractivity (Wildman–Crippen MR) is 90.1 cm³/mol. The van der Waals surface area contributed by atoms with Crippen LogP contribution in [-0.2, 0) is 6.54 Å². The highest BCUT2D eigenvalue weighted by atomic mass is 35.5. The first-order valence-corrected chi connectivity index (χ1v) is 7.88. The largest absolute Gasteiger partial charge is 0.369 e. The standard InChI is InChI=1S/C18H21ClN2/c1-15-17(19)8-5-9-18(15)21-12-10-20(11-13-21)14-16-6-3-2-4-7-16/h2-9H,10-14H2,1H3. The van der Waals surface area contributed by atoms with Gasteiger partial charge >= 0.3 is 0 Å². The molecule has 1 heterocycles. The van der Waals surface area contributed by atoms with Gasteiger partial charge in [0.1, 0.15) is 0 Å². The zero-order chi connectivity index (χ0) is 14.7. The van der Waals surface area contributed by atoms with Gasteiger partial charge in [0, 0.05) is 43.4 Å². The van der Waals surface area contributed by atoms with Gasteiger partial charge in [0.2, 0.25) is 0 Å². The minimum Gasteiger partial charge on any atom is -0.369 e. The average Bonchev–Trinajstić information content (AvgIpc) is 2.52. The fourth-order valence-electron chi connectivity index (χ4n) is 2.93. The summed E-state index contributed by atoms with van der Waals surface area (Å²) in [6, 6.07) is 16.9. The second-order valence-electron chi connectivity index (χ2n) is 5.63. The van der Waals surface area contributed by atoms with Crippen molar-refractivity contribution < 1.29 is 0 Å². The summed E-state index contributed by atoms with van der Waals surface area (Å²) in [5, 5.41) is 0.860. The van der Waals surface area contributed by atoms with Crippen LogP contribution in [0.15, 0.2) is 48.5 Å². The Hall–Kier alpha value is -1.51. The molecule has 0 bridgehead atoms. The fraction of sp³-hybridized carbons (Fsp3) is 0.333. The van der Waals surface area contributed by atoms with Crippen molar-refractivity contribution in [2.75, 3.05) is 31.1 Å². The minimum atomic E-state index is 0.860. The highest BCUT2D eigenvalue weighted by Crippen LogP contribution is 2.27. The summed E-state index contributed by atoms with van der Waals surface area (Å²) < 4.78 is 0. The molecule has 0 amide bonds. The third-order valence-electron chi connectivity index (χ3n) is 4.20. The van der Waals surface area contributed by atoms with Crippen molar-refractivity contribution in [3.8, 4) is 0 Å². The Bertz CT molecular complexity index is 589. The summed E-state index contributed by atoms with van der Waals surface area (Å²) in [7, 11) is 0. The molecule has 1 aliphatic heterocycles. The number of hydrogen-bond donors (Lipinski definition) is 0. The highest BCUT2D eigenvalue weighted by Gasteiger charge is 2.18. The zero-order valence-electron chi connectivity index (χ0n) is 12.4.